The Morgan fingerprint density at radius 1 is 1.25 bits per heavy atom. The van der Waals surface area contributed by atoms with E-state index in [9.17, 15) is 9.59 Å². The van der Waals surface area contributed by atoms with Crippen molar-refractivity contribution in [3.05, 3.63) is 59.2 Å². The third kappa shape index (κ3) is 3.48. The van der Waals surface area contributed by atoms with Crippen molar-refractivity contribution < 1.29 is 18.7 Å². The Hall–Kier alpha value is -3.02. The predicted octanol–water partition coefficient (Wildman–Crippen LogP) is 2.85. The van der Waals surface area contributed by atoms with Gasteiger partial charge in [0.05, 0.1) is 12.8 Å². The molecule has 6 nitrogen and oxygen atoms in total. The number of esters is 1. The molecule has 1 aromatic carbocycles. The normalized spacial score (nSPS) is 10.8. The average Bonchev–Trinajstić information content (AvgIpc) is 3.19. The van der Waals surface area contributed by atoms with E-state index in [4.69, 9.17) is 9.15 Å². The van der Waals surface area contributed by atoms with Crippen LogP contribution in [-0.4, -0.2) is 23.5 Å². The molecule has 0 aliphatic carbocycles. The van der Waals surface area contributed by atoms with Crippen molar-refractivity contribution in [3.8, 4) is 0 Å². The molecule has 0 aliphatic heterocycles. The molecule has 24 heavy (non-hydrogen) atoms. The van der Waals surface area contributed by atoms with Gasteiger partial charge in [0.15, 0.2) is 6.61 Å². The van der Waals surface area contributed by atoms with E-state index in [0.717, 1.165) is 22.0 Å². The number of ether oxygens (including phenoxy) is 1. The number of carbonyl (C=O) groups excluding carboxylic acids is 2. The van der Waals surface area contributed by atoms with Crippen molar-refractivity contribution in [2.75, 3.05) is 6.61 Å². The minimum absolute atomic E-state index is 0.258. The standard InChI is InChI=1S/C18H18N2O4/c1-11-6-12(2)14-8-16(20-15(14)7-11)18(22)24-10-17(21)19-9-13-4-3-5-23-13/h3-8,20H,9-10H2,1-2H3,(H,19,21). The van der Waals surface area contributed by atoms with E-state index in [1.165, 1.54) is 6.26 Å². The number of rotatable bonds is 5. The predicted molar refractivity (Wildman–Crippen MR) is 88.6 cm³/mol. The van der Waals surface area contributed by atoms with E-state index in [0.29, 0.717) is 11.5 Å². The minimum Gasteiger partial charge on any atom is -0.467 e. The Bertz CT molecular complexity index is 878. The number of aromatic amines is 1. The Labute approximate surface area is 138 Å². The monoisotopic (exact) mass is 326 g/mol. The molecule has 2 N–H and O–H groups in total. The van der Waals surface area contributed by atoms with Crippen molar-refractivity contribution in [3.63, 3.8) is 0 Å². The number of aromatic nitrogens is 1. The Morgan fingerprint density at radius 2 is 2.08 bits per heavy atom. The fraction of sp³-hybridized carbons (Fsp3) is 0.222. The number of amides is 1. The highest BCUT2D eigenvalue weighted by molar-refractivity contribution is 5.96. The van der Waals surface area contributed by atoms with E-state index < -0.39 is 5.97 Å². The van der Waals surface area contributed by atoms with Gasteiger partial charge in [0.1, 0.15) is 11.5 Å². The molecule has 3 rings (SSSR count). The summed E-state index contributed by atoms with van der Waals surface area (Å²) in [6.07, 6.45) is 1.53. The highest BCUT2D eigenvalue weighted by Crippen LogP contribution is 2.21. The Balaban J connectivity index is 1.58. The molecule has 0 atom stereocenters. The second-order valence-electron chi connectivity index (χ2n) is 5.66. The van der Waals surface area contributed by atoms with Gasteiger partial charge in [-0.05, 0) is 49.2 Å². The zero-order valence-electron chi connectivity index (χ0n) is 13.5. The fourth-order valence-electron chi connectivity index (χ4n) is 2.57. The largest absolute Gasteiger partial charge is 0.467 e. The average molecular weight is 326 g/mol. The number of hydrogen-bond acceptors (Lipinski definition) is 4. The number of H-pyrrole nitrogens is 1. The van der Waals surface area contributed by atoms with Crippen LogP contribution in [0, 0.1) is 13.8 Å². The van der Waals surface area contributed by atoms with Crippen LogP contribution in [0.4, 0.5) is 0 Å². The molecule has 1 amide bonds. The summed E-state index contributed by atoms with van der Waals surface area (Å²) >= 11 is 0. The van der Waals surface area contributed by atoms with Crippen LogP contribution in [0.3, 0.4) is 0 Å². The summed E-state index contributed by atoms with van der Waals surface area (Å²) < 4.78 is 10.2. The number of hydrogen-bond donors (Lipinski definition) is 2. The first-order valence-electron chi connectivity index (χ1n) is 7.59. The van der Waals surface area contributed by atoms with Gasteiger partial charge in [-0.1, -0.05) is 6.07 Å². The van der Waals surface area contributed by atoms with Gasteiger partial charge in [-0.15, -0.1) is 0 Å². The maximum atomic E-state index is 12.1. The summed E-state index contributed by atoms with van der Waals surface area (Å²) in [7, 11) is 0. The Kier molecular flexibility index (Phi) is 4.37. The van der Waals surface area contributed by atoms with Crippen molar-refractivity contribution >= 4 is 22.8 Å². The molecule has 0 saturated carbocycles. The van der Waals surface area contributed by atoms with Gasteiger partial charge < -0.3 is 19.5 Å². The molecule has 0 spiro atoms. The second-order valence-corrected chi connectivity index (χ2v) is 5.66. The van der Waals surface area contributed by atoms with Gasteiger partial charge in [0, 0.05) is 10.9 Å². The number of benzene rings is 1. The molecule has 0 bridgehead atoms. The lowest BCUT2D eigenvalue weighted by atomic mass is 10.1. The molecule has 0 unspecified atom stereocenters. The molecular formula is C18H18N2O4. The number of nitrogens with one attached hydrogen (secondary N) is 2. The van der Waals surface area contributed by atoms with Crippen LogP contribution >= 0.6 is 0 Å². The quantitative estimate of drug-likeness (QED) is 0.706. The molecule has 2 heterocycles. The topological polar surface area (TPSA) is 84.3 Å². The third-order valence-corrected chi connectivity index (χ3v) is 3.68. The molecule has 0 aliphatic rings. The molecule has 0 fully saturated rings. The lowest BCUT2D eigenvalue weighted by Crippen LogP contribution is -2.28. The van der Waals surface area contributed by atoms with Gasteiger partial charge in [-0.3, -0.25) is 4.79 Å². The summed E-state index contributed by atoms with van der Waals surface area (Å²) in [6, 6.07) is 9.25. The first kappa shape index (κ1) is 15.9. The van der Waals surface area contributed by atoms with Gasteiger partial charge in [0.25, 0.3) is 5.91 Å². The van der Waals surface area contributed by atoms with E-state index >= 15 is 0 Å². The van der Waals surface area contributed by atoms with Crippen LogP contribution in [0.25, 0.3) is 10.9 Å². The van der Waals surface area contributed by atoms with E-state index in [1.807, 2.05) is 26.0 Å². The summed E-state index contributed by atoms with van der Waals surface area (Å²) in [5.74, 6) is -0.310. The lowest BCUT2D eigenvalue weighted by Gasteiger charge is -2.04. The number of fused-ring (bicyclic) bond motifs is 1. The lowest BCUT2D eigenvalue weighted by molar-refractivity contribution is -0.124. The molecule has 2 aromatic heterocycles. The molecule has 0 saturated heterocycles. The van der Waals surface area contributed by atoms with Gasteiger partial charge in [0.2, 0.25) is 0 Å². The SMILES string of the molecule is Cc1cc(C)c2cc(C(=O)OCC(=O)NCc3ccco3)[nH]c2c1. The van der Waals surface area contributed by atoms with Crippen molar-refractivity contribution in [2.24, 2.45) is 0 Å². The summed E-state index contributed by atoms with van der Waals surface area (Å²) in [4.78, 5) is 26.8. The molecule has 6 heteroatoms. The molecule has 0 radical (unpaired) electrons. The molecule has 3 aromatic rings. The smallest absolute Gasteiger partial charge is 0.355 e. The van der Waals surface area contributed by atoms with E-state index in [-0.39, 0.29) is 19.1 Å². The third-order valence-electron chi connectivity index (χ3n) is 3.68. The Morgan fingerprint density at radius 3 is 2.83 bits per heavy atom. The van der Waals surface area contributed by atoms with E-state index in [2.05, 4.69) is 10.3 Å². The number of aryl methyl sites for hydroxylation is 2. The number of furan rings is 1. The second kappa shape index (κ2) is 6.62. The van der Waals surface area contributed by atoms with Crippen LogP contribution in [0.2, 0.25) is 0 Å². The first-order chi connectivity index (χ1) is 11.5. The molecular weight excluding hydrogens is 308 g/mol. The minimum atomic E-state index is -0.559. The summed E-state index contributed by atoms with van der Waals surface area (Å²) in [5, 5.41) is 3.58. The fourth-order valence-corrected chi connectivity index (χ4v) is 2.57. The van der Waals surface area contributed by atoms with Crippen LogP contribution in [0.15, 0.2) is 41.0 Å². The van der Waals surface area contributed by atoms with Crippen molar-refractivity contribution in [1.82, 2.24) is 10.3 Å². The van der Waals surface area contributed by atoms with Gasteiger partial charge in [-0.2, -0.15) is 0 Å². The highest BCUT2D eigenvalue weighted by atomic mass is 16.5. The first-order valence-corrected chi connectivity index (χ1v) is 7.59. The van der Waals surface area contributed by atoms with Crippen LogP contribution < -0.4 is 5.32 Å². The van der Waals surface area contributed by atoms with Gasteiger partial charge in [-0.25, -0.2) is 4.79 Å². The molecule has 124 valence electrons. The maximum Gasteiger partial charge on any atom is 0.355 e. The van der Waals surface area contributed by atoms with Crippen LogP contribution in [0.5, 0.6) is 0 Å². The van der Waals surface area contributed by atoms with Crippen LogP contribution in [0.1, 0.15) is 27.4 Å². The highest BCUT2D eigenvalue weighted by Gasteiger charge is 2.14. The number of carbonyl (C=O) groups is 2. The summed E-state index contributed by atoms with van der Waals surface area (Å²) in [6.45, 7) is 3.90. The van der Waals surface area contributed by atoms with Crippen molar-refractivity contribution in [2.45, 2.75) is 20.4 Å². The summed E-state index contributed by atoms with van der Waals surface area (Å²) in [5.41, 5.74) is 3.40. The zero-order valence-corrected chi connectivity index (χ0v) is 13.5. The zero-order chi connectivity index (χ0) is 17.1. The van der Waals surface area contributed by atoms with Crippen LogP contribution in [-0.2, 0) is 16.1 Å². The van der Waals surface area contributed by atoms with Gasteiger partial charge >= 0.3 is 5.97 Å². The van der Waals surface area contributed by atoms with E-state index in [1.54, 1.807) is 18.2 Å². The maximum absolute atomic E-state index is 12.1. The van der Waals surface area contributed by atoms with Crippen molar-refractivity contribution in [1.29, 1.82) is 0 Å².